The molecule has 22 heavy (non-hydrogen) atoms. The lowest BCUT2D eigenvalue weighted by Crippen LogP contribution is -2.40. The Morgan fingerprint density at radius 3 is 2.64 bits per heavy atom. The minimum absolute atomic E-state index is 0.445. The molecule has 1 aliphatic rings. The van der Waals surface area contributed by atoms with E-state index in [0.717, 1.165) is 43.2 Å². The Hall–Kier alpha value is -1.75. The summed E-state index contributed by atoms with van der Waals surface area (Å²) in [5.74, 6) is 0.727. The molecule has 1 aliphatic heterocycles. The first-order valence-electron chi connectivity index (χ1n) is 8.00. The quantitative estimate of drug-likeness (QED) is 0.875. The van der Waals surface area contributed by atoms with Gasteiger partial charge in [0, 0.05) is 37.1 Å². The summed E-state index contributed by atoms with van der Waals surface area (Å²) in [5, 5.41) is 6.26. The van der Waals surface area contributed by atoms with E-state index >= 15 is 0 Å². The second kappa shape index (κ2) is 8.03. The first-order valence-corrected chi connectivity index (χ1v) is 8.00. The first kappa shape index (κ1) is 16.6. The highest BCUT2D eigenvalue weighted by atomic mass is 16.5. The first-order chi connectivity index (χ1) is 10.6. The SMILES string of the molecule is COC(=O)Nc1cccc(NC2CCN(CC(C)C)CC2)c1. The third kappa shape index (κ3) is 5.22. The smallest absolute Gasteiger partial charge is 0.411 e. The van der Waals surface area contributed by atoms with Gasteiger partial charge in [-0.05, 0) is 37.0 Å². The fourth-order valence-electron chi connectivity index (χ4n) is 2.87. The molecule has 122 valence electrons. The molecular formula is C17H27N3O2. The van der Waals surface area contributed by atoms with Gasteiger partial charge in [0.25, 0.3) is 0 Å². The summed E-state index contributed by atoms with van der Waals surface area (Å²) >= 11 is 0. The fourth-order valence-corrected chi connectivity index (χ4v) is 2.87. The number of likely N-dealkylation sites (tertiary alicyclic amines) is 1. The van der Waals surface area contributed by atoms with Crippen LogP contribution in [0.25, 0.3) is 0 Å². The number of nitrogens with zero attached hydrogens (tertiary/aromatic N) is 1. The third-order valence-electron chi connectivity index (χ3n) is 3.88. The van der Waals surface area contributed by atoms with Crippen LogP contribution in [-0.2, 0) is 4.74 Å². The Kier molecular flexibility index (Phi) is 6.07. The molecule has 0 bridgehead atoms. The maximum Gasteiger partial charge on any atom is 0.411 e. The van der Waals surface area contributed by atoms with Gasteiger partial charge in [-0.2, -0.15) is 0 Å². The maximum absolute atomic E-state index is 11.2. The van der Waals surface area contributed by atoms with Crippen molar-refractivity contribution in [3.8, 4) is 0 Å². The fraction of sp³-hybridized carbons (Fsp3) is 0.588. The molecule has 2 rings (SSSR count). The maximum atomic E-state index is 11.2. The third-order valence-corrected chi connectivity index (χ3v) is 3.88. The minimum atomic E-state index is -0.445. The lowest BCUT2D eigenvalue weighted by molar-refractivity contribution is 0.187. The molecule has 0 aromatic heterocycles. The number of nitrogens with one attached hydrogen (secondary N) is 2. The van der Waals surface area contributed by atoms with Crippen LogP contribution in [0.5, 0.6) is 0 Å². The van der Waals surface area contributed by atoms with Gasteiger partial charge in [0.1, 0.15) is 0 Å². The topological polar surface area (TPSA) is 53.6 Å². The van der Waals surface area contributed by atoms with Gasteiger partial charge < -0.3 is 15.0 Å². The molecule has 1 heterocycles. The van der Waals surface area contributed by atoms with Gasteiger partial charge in [-0.3, -0.25) is 5.32 Å². The lowest BCUT2D eigenvalue weighted by Gasteiger charge is -2.33. The van der Waals surface area contributed by atoms with Crippen molar-refractivity contribution in [2.75, 3.05) is 37.4 Å². The van der Waals surface area contributed by atoms with Crippen molar-refractivity contribution in [3.63, 3.8) is 0 Å². The van der Waals surface area contributed by atoms with Gasteiger partial charge >= 0.3 is 6.09 Å². The van der Waals surface area contributed by atoms with Crippen molar-refractivity contribution in [1.29, 1.82) is 0 Å². The summed E-state index contributed by atoms with van der Waals surface area (Å²) < 4.78 is 4.61. The van der Waals surface area contributed by atoms with E-state index in [4.69, 9.17) is 0 Å². The molecule has 1 aromatic rings. The molecule has 2 N–H and O–H groups in total. The van der Waals surface area contributed by atoms with Crippen molar-refractivity contribution >= 4 is 17.5 Å². The number of carbonyl (C=O) groups is 1. The molecule has 0 unspecified atom stereocenters. The highest BCUT2D eigenvalue weighted by Gasteiger charge is 2.19. The van der Waals surface area contributed by atoms with E-state index in [0.29, 0.717) is 6.04 Å². The van der Waals surface area contributed by atoms with Crippen LogP contribution in [0.1, 0.15) is 26.7 Å². The van der Waals surface area contributed by atoms with Crippen LogP contribution in [0.3, 0.4) is 0 Å². The van der Waals surface area contributed by atoms with Crippen molar-refractivity contribution in [3.05, 3.63) is 24.3 Å². The number of ether oxygens (including phenoxy) is 1. The second-order valence-corrected chi connectivity index (χ2v) is 6.31. The van der Waals surface area contributed by atoms with Gasteiger partial charge in [0.05, 0.1) is 7.11 Å². The predicted octanol–water partition coefficient (Wildman–Crippen LogP) is 3.40. The summed E-state index contributed by atoms with van der Waals surface area (Å²) in [4.78, 5) is 13.8. The Morgan fingerprint density at radius 1 is 1.32 bits per heavy atom. The molecule has 5 nitrogen and oxygen atoms in total. The lowest BCUT2D eigenvalue weighted by atomic mass is 10.0. The van der Waals surface area contributed by atoms with Crippen LogP contribution < -0.4 is 10.6 Å². The zero-order valence-electron chi connectivity index (χ0n) is 13.8. The van der Waals surface area contributed by atoms with E-state index in [1.807, 2.05) is 24.3 Å². The average molecular weight is 305 g/mol. The zero-order chi connectivity index (χ0) is 15.9. The monoisotopic (exact) mass is 305 g/mol. The average Bonchev–Trinajstić information content (AvgIpc) is 2.49. The summed E-state index contributed by atoms with van der Waals surface area (Å²) in [6.07, 6.45) is 1.86. The number of carbonyl (C=O) groups excluding carboxylic acids is 1. The molecule has 1 amide bonds. The highest BCUT2D eigenvalue weighted by Crippen LogP contribution is 2.20. The molecule has 1 saturated heterocycles. The van der Waals surface area contributed by atoms with Gasteiger partial charge in [-0.15, -0.1) is 0 Å². The van der Waals surface area contributed by atoms with Gasteiger partial charge in [-0.25, -0.2) is 4.79 Å². The standard InChI is InChI=1S/C17H27N3O2/c1-13(2)12-20-9-7-14(8-10-20)18-15-5-4-6-16(11-15)19-17(21)22-3/h4-6,11,13-14,18H,7-10,12H2,1-3H3,(H,19,21). The van der Waals surface area contributed by atoms with Crippen LogP contribution in [-0.4, -0.2) is 43.8 Å². The van der Waals surface area contributed by atoms with Crippen LogP contribution in [0.4, 0.5) is 16.2 Å². The number of amides is 1. The van der Waals surface area contributed by atoms with Gasteiger partial charge in [0.2, 0.25) is 0 Å². The molecular weight excluding hydrogens is 278 g/mol. The Morgan fingerprint density at radius 2 is 2.00 bits per heavy atom. The van der Waals surface area contributed by atoms with Crippen LogP contribution in [0.15, 0.2) is 24.3 Å². The van der Waals surface area contributed by atoms with E-state index < -0.39 is 6.09 Å². The summed E-state index contributed by atoms with van der Waals surface area (Å²) in [5.41, 5.74) is 1.78. The Balaban J connectivity index is 1.84. The van der Waals surface area contributed by atoms with Crippen molar-refractivity contribution < 1.29 is 9.53 Å². The number of hydrogen-bond donors (Lipinski definition) is 2. The second-order valence-electron chi connectivity index (χ2n) is 6.31. The summed E-state index contributed by atoms with van der Waals surface area (Å²) in [6, 6.07) is 8.26. The summed E-state index contributed by atoms with van der Waals surface area (Å²) in [6.45, 7) is 8.02. The van der Waals surface area contributed by atoms with E-state index in [1.54, 1.807) is 0 Å². The van der Waals surface area contributed by atoms with E-state index in [-0.39, 0.29) is 0 Å². The number of piperidine rings is 1. The minimum Gasteiger partial charge on any atom is -0.453 e. The van der Waals surface area contributed by atoms with E-state index in [9.17, 15) is 4.79 Å². The van der Waals surface area contributed by atoms with Crippen LogP contribution >= 0.6 is 0 Å². The van der Waals surface area contributed by atoms with Crippen molar-refractivity contribution in [2.45, 2.75) is 32.7 Å². The summed E-state index contributed by atoms with van der Waals surface area (Å²) in [7, 11) is 1.36. The highest BCUT2D eigenvalue weighted by molar-refractivity contribution is 5.85. The van der Waals surface area contributed by atoms with Gasteiger partial charge in [0.15, 0.2) is 0 Å². The molecule has 0 radical (unpaired) electrons. The van der Waals surface area contributed by atoms with E-state index in [2.05, 4.69) is 34.1 Å². The number of benzene rings is 1. The van der Waals surface area contributed by atoms with Crippen molar-refractivity contribution in [1.82, 2.24) is 4.90 Å². The molecule has 1 fully saturated rings. The molecule has 0 aliphatic carbocycles. The van der Waals surface area contributed by atoms with Crippen molar-refractivity contribution in [2.24, 2.45) is 5.92 Å². The van der Waals surface area contributed by atoms with Crippen LogP contribution in [0, 0.1) is 5.92 Å². The number of anilines is 2. The number of methoxy groups -OCH3 is 1. The largest absolute Gasteiger partial charge is 0.453 e. The predicted molar refractivity (Wildman–Crippen MR) is 90.4 cm³/mol. The molecule has 1 aromatic carbocycles. The molecule has 0 atom stereocenters. The zero-order valence-corrected chi connectivity index (χ0v) is 13.8. The van der Waals surface area contributed by atoms with Crippen LogP contribution in [0.2, 0.25) is 0 Å². The van der Waals surface area contributed by atoms with E-state index in [1.165, 1.54) is 13.7 Å². The Labute approximate surface area is 133 Å². The molecule has 5 heteroatoms. The molecule has 0 spiro atoms. The molecule has 0 saturated carbocycles. The normalized spacial score (nSPS) is 16.5. The number of rotatable bonds is 5. The van der Waals surface area contributed by atoms with Gasteiger partial charge in [-0.1, -0.05) is 19.9 Å². The number of hydrogen-bond acceptors (Lipinski definition) is 4. The Bertz CT molecular complexity index is 483.